The molecule has 2 aliphatic heterocycles. The third kappa shape index (κ3) is 4.93. The predicted octanol–water partition coefficient (Wildman–Crippen LogP) is 4.78. The van der Waals surface area contributed by atoms with Crippen LogP contribution in [-0.2, 0) is 9.84 Å². The van der Waals surface area contributed by atoms with Crippen molar-refractivity contribution in [2.45, 2.75) is 12.3 Å². The summed E-state index contributed by atoms with van der Waals surface area (Å²) in [6, 6.07) is 19.2. The smallest absolute Gasteiger partial charge is 0.231 e. The number of fused-ring (bicyclic) bond motifs is 2. The van der Waals surface area contributed by atoms with Crippen LogP contribution >= 0.6 is 0 Å². The lowest BCUT2D eigenvalue weighted by molar-refractivity contribution is 0.174. The Kier molecular flexibility index (Phi) is 6.74. The highest BCUT2D eigenvalue weighted by Crippen LogP contribution is 2.39. The van der Waals surface area contributed by atoms with Crippen molar-refractivity contribution in [1.82, 2.24) is 20.2 Å². The van der Waals surface area contributed by atoms with Crippen LogP contribution in [0.1, 0.15) is 7.43 Å². The maximum Gasteiger partial charge on any atom is 0.231 e. The summed E-state index contributed by atoms with van der Waals surface area (Å²) < 4.78 is 35.1. The van der Waals surface area contributed by atoms with E-state index in [1.165, 1.54) is 6.26 Å². The Morgan fingerprint density at radius 3 is 2.46 bits per heavy atom. The van der Waals surface area contributed by atoms with Crippen molar-refractivity contribution in [3.63, 3.8) is 0 Å². The molecule has 0 saturated carbocycles. The predicted molar refractivity (Wildman–Crippen MR) is 159 cm³/mol. The van der Waals surface area contributed by atoms with E-state index in [4.69, 9.17) is 9.47 Å². The number of ether oxygens (including phenoxy) is 2. The SMILES string of the molecule is C.CS(=O)(=O)c1cccc(N2CCN(c3ncnc4ccc(-c5cn[nH]c5-c5ccc6c(c5)OCO6)cc34)CC2)c1. The minimum Gasteiger partial charge on any atom is -0.454 e. The van der Waals surface area contributed by atoms with Gasteiger partial charge in [-0.25, -0.2) is 18.4 Å². The molecule has 2 aromatic heterocycles. The lowest BCUT2D eigenvalue weighted by Gasteiger charge is -2.37. The number of hydrogen-bond acceptors (Lipinski definition) is 9. The van der Waals surface area contributed by atoms with Gasteiger partial charge in [0.2, 0.25) is 6.79 Å². The number of nitrogens with zero attached hydrogens (tertiary/aromatic N) is 5. The van der Waals surface area contributed by atoms with Crippen LogP contribution in [0.3, 0.4) is 0 Å². The largest absolute Gasteiger partial charge is 0.454 e. The fourth-order valence-corrected chi connectivity index (χ4v) is 5.99. The van der Waals surface area contributed by atoms with Crippen LogP contribution < -0.4 is 19.3 Å². The van der Waals surface area contributed by atoms with Crippen molar-refractivity contribution in [3.05, 3.63) is 73.2 Å². The standard InChI is InChI=1S/C29H26N6O4S.CH4/c1-40(36,37)22-4-2-3-21(15-22)34-9-11-35(12-10-34)29-23-13-19(5-7-25(23)30-17-31-29)24-16-32-33-28(24)20-6-8-26-27(14-20)39-18-38-26;/h2-8,13-17H,9-12,18H2,1H3,(H,32,33);1H4. The van der Waals surface area contributed by atoms with Crippen LogP contribution in [0, 0.1) is 0 Å². The molecule has 0 spiro atoms. The Balaban J connectivity index is 0.00000302. The number of aromatic nitrogens is 4. The van der Waals surface area contributed by atoms with Gasteiger partial charge in [0, 0.05) is 54.6 Å². The minimum absolute atomic E-state index is 0. The second-order valence-electron chi connectivity index (χ2n) is 9.90. The average Bonchev–Trinajstić information content (AvgIpc) is 3.66. The summed E-state index contributed by atoms with van der Waals surface area (Å²) in [5, 5.41) is 8.44. The third-order valence-electron chi connectivity index (χ3n) is 7.42. The third-order valence-corrected chi connectivity index (χ3v) is 8.53. The van der Waals surface area contributed by atoms with Crippen molar-refractivity contribution in [2.75, 3.05) is 49.0 Å². The summed E-state index contributed by atoms with van der Waals surface area (Å²) in [4.78, 5) is 14.0. The number of H-pyrrole nitrogens is 1. The van der Waals surface area contributed by atoms with Crippen LogP contribution in [0.4, 0.5) is 11.5 Å². The molecule has 0 bridgehead atoms. The summed E-state index contributed by atoms with van der Waals surface area (Å²) in [7, 11) is -3.26. The Bertz CT molecular complexity index is 1850. The van der Waals surface area contributed by atoms with E-state index in [0.717, 1.165) is 82.5 Å². The lowest BCUT2D eigenvalue weighted by Crippen LogP contribution is -2.47. The number of anilines is 2. The van der Waals surface area contributed by atoms with E-state index in [-0.39, 0.29) is 14.2 Å². The Hall–Kier alpha value is -4.64. The summed E-state index contributed by atoms with van der Waals surface area (Å²) in [6.45, 7) is 3.20. The molecule has 0 aliphatic carbocycles. The fourth-order valence-electron chi connectivity index (χ4n) is 5.33. The zero-order valence-electron chi connectivity index (χ0n) is 21.7. The van der Waals surface area contributed by atoms with E-state index in [2.05, 4.69) is 36.0 Å². The minimum atomic E-state index is -3.26. The molecule has 210 valence electrons. The average molecular weight is 571 g/mol. The normalized spacial score (nSPS) is 14.8. The van der Waals surface area contributed by atoms with Crippen molar-refractivity contribution in [2.24, 2.45) is 0 Å². The Morgan fingerprint density at radius 1 is 0.854 bits per heavy atom. The first kappa shape index (κ1) is 26.6. The molecule has 41 heavy (non-hydrogen) atoms. The molecule has 4 heterocycles. The second kappa shape index (κ2) is 10.4. The molecule has 0 atom stereocenters. The molecule has 1 fully saturated rings. The van der Waals surface area contributed by atoms with Gasteiger partial charge in [-0.05, 0) is 54.1 Å². The lowest BCUT2D eigenvalue weighted by atomic mass is 10.00. The second-order valence-corrected chi connectivity index (χ2v) is 11.9. The molecular weight excluding hydrogens is 540 g/mol. The van der Waals surface area contributed by atoms with E-state index in [1.807, 2.05) is 42.6 Å². The maximum atomic E-state index is 12.0. The first-order chi connectivity index (χ1) is 19.4. The zero-order chi connectivity index (χ0) is 27.3. The molecule has 10 nitrogen and oxygen atoms in total. The number of aromatic amines is 1. The zero-order valence-corrected chi connectivity index (χ0v) is 22.6. The Morgan fingerprint density at radius 2 is 1.63 bits per heavy atom. The van der Waals surface area contributed by atoms with Gasteiger partial charge in [-0.2, -0.15) is 5.10 Å². The molecule has 0 amide bonds. The van der Waals surface area contributed by atoms with Crippen molar-refractivity contribution >= 4 is 32.2 Å². The number of sulfone groups is 1. The van der Waals surface area contributed by atoms with Gasteiger partial charge in [0.1, 0.15) is 12.1 Å². The molecule has 0 unspecified atom stereocenters. The van der Waals surface area contributed by atoms with Gasteiger partial charge in [0.15, 0.2) is 21.3 Å². The van der Waals surface area contributed by atoms with Crippen LogP contribution in [0.2, 0.25) is 0 Å². The molecule has 1 saturated heterocycles. The summed E-state index contributed by atoms with van der Waals surface area (Å²) in [5.74, 6) is 2.33. The van der Waals surface area contributed by atoms with Gasteiger partial charge in [-0.15, -0.1) is 0 Å². The topological polar surface area (TPSA) is 114 Å². The Labute approximate surface area is 238 Å². The molecular formula is C30H30N6O4S. The van der Waals surface area contributed by atoms with Gasteiger partial charge in [-0.3, -0.25) is 5.10 Å². The fraction of sp³-hybridized carbons (Fsp3) is 0.233. The molecule has 1 N–H and O–H groups in total. The number of nitrogens with one attached hydrogen (secondary N) is 1. The summed E-state index contributed by atoms with van der Waals surface area (Å²) in [6.07, 6.45) is 4.67. The van der Waals surface area contributed by atoms with Crippen LogP contribution in [-0.4, -0.2) is 67.8 Å². The van der Waals surface area contributed by atoms with E-state index in [1.54, 1.807) is 24.5 Å². The van der Waals surface area contributed by atoms with Crippen LogP contribution in [0.5, 0.6) is 11.5 Å². The van der Waals surface area contributed by atoms with Gasteiger partial charge >= 0.3 is 0 Å². The van der Waals surface area contributed by atoms with E-state index >= 15 is 0 Å². The summed E-state index contributed by atoms with van der Waals surface area (Å²) in [5.41, 5.74) is 5.59. The van der Waals surface area contributed by atoms with Gasteiger partial charge < -0.3 is 19.3 Å². The van der Waals surface area contributed by atoms with E-state index < -0.39 is 9.84 Å². The number of benzene rings is 3. The van der Waals surface area contributed by atoms with E-state index in [0.29, 0.717) is 4.90 Å². The van der Waals surface area contributed by atoms with Crippen LogP contribution in [0.25, 0.3) is 33.3 Å². The number of piperazine rings is 1. The molecule has 0 radical (unpaired) electrons. The van der Waals surface area contributed by atoms with Gasteiger partial charge in [0.05, 0.1) is 22.3 Å². The number of hydrogen-bond donors (Lipinski definition) is 1. The van der Waals surface area contributed by atoms with Gasteiger partial charge in [-0.1, -0.05) is 19.6 Å². The highest BCUT2D eigenvalue weighted by atomic mass is 32.2. The van der Waals surface area contributed by atoms with Crippen molar-refractivity contribution in [3.8, 4) is 33.9 Å². The van der Waals surface area contributed by atoms with Crippen LogP contribution in [0.15, 0.2) is 78.1 Å². The van der Waals surface area contributed by atoms with E-state index in [9.17, 15) is 8.42 Å². The summed E-state index contributed by atoms with van der Waals surface area (Å²) >= 11 is 0. The molecule has 11 heteroatoms. The van der Waals surface area contributed by atoms with Crippen molar-refractivity contribution < 1.29 is 17.9 Å². The highest BCUT2D eigenvalue weighted by molar-refractivity contribution is 7.90. The maximum absolute atomic E-state index is 12.0. The first-order valence-corrected chi connectivity index (χ1v) is 14.8. The first-order valence-electron chi connectivity index (χ1n) is 12.9. The number of rotatable bonds is 5. The van der Waals surface area contributed by atoms with Gasteiger partial charge in [0.25, 0.3) is 0 Å². The molecule has 5 aromatic rings. The molecule has 3 aromatic carbocycles. The quantitative estimate of drug-likeness (QED) is 0.319. The monoisotopic (exact) mass is 570 g/mol. The molecule has 7 rings (SSSR count). The van der Waals surface area contributed by atoms with Crippen molar-refractivity contribution in [1.29, 1.82) is 0 Å². The highest BCUT2D eigenvalue weighted by Gasteiger charge is 2.22. The molecule has 2 aliphatic rings.